The first-order valence-electron chi connectivity index (χ1n) is 5.49. The van der Waals surface area contributed by atoms with E-state index in [1.165, 1.54) is 0 Å². The number of halogens is 1. The summed E-state index contributed by atoms with van der Waals surface area (Å²) in [7, 11) is 0. The summed E-state index contributed by atoms with van der Waals surface area (Å²) in [6, 6.07) is 3.81. The van der Waals surface area contributed by atoms with Gasteiger partial charge in [-0.25, -0.2) is 0 Å². The van der Waals surface area contributed by atoms with Crippen molar-refractivity contribution in [2.75, 3.05) is 6.54 Å². The fourth-order valence-corrected chi connectivity index (χ4v) is 2.24. The summed E-state index contributed by atoms with van der Waals surface area (Å²) < 4.78 is 0.939. The van der Waals surface area contributed by atoms with E-state index in [-0.39, 0.29) is 11.3 Å². The highest BCUT2D eigenvalue weighted by Gasteiger charge is 2.35. The largest absolute Gasteiger partial charge is 0.305 e. The molecule has 0 spiro atoms. The molecule has 0 amide bonds. The molecule has 1 aromatic heterocycles. The van der Waals surface area contributed by atoms with Gasteiger partial charge in [0.2, 0.25) is 0 Å². The SMILES string of the molecule is CC1(C(=O)Cc2ccc(Br)cn2)CCCN1. The number of carbonyl (C=O) groups is 1. The second-order valence-electron chi connectivity index (χ2n) is 4.43. The Hall–Kier alpha value is -0.740. The Labute approximate surface area is 104 Å². The Balaban J connectivity index is 2.04. The van der Waals surface area contributed by atoms with Crippen molar-refractivity contribution in [2.24, 2.45) is 0 Å². The quantitative estimate of drug-likeness (QED) is 0.923. The molecule has 1 saturated heterocycles. The van der Waals surface area contributed by atoms with Gasteiger partial charge >= 0.3 is 0 Å². The number of hydrogen-bond acceptors (Lipinski definition) is 3. The number of nitrogens with zero attached hydrogens (tertiary/aromatic N) is 1. The lowest BCUT2D eigenvalue weighted by atomic mass is 9.91. The molecule has 1 aliphatic rings. The van der Waals surface area contributed by atoms with Crippen molar-refractivity contribution in [3.8, 4) is 0 Å². The molecule has 1 unspecified atom stereocenters. The van der Waals surface area contributed by atoms with Crippen molar-refractivity contribution < 1.29 is 4.79 Å². The second-order valence-corrected chi connectivity index (χ2v) is 5.35. The van der Waals surface area contributed by atoms with Gasteiger partial charge in [-0.3, -0.25) is 9.78 Å². The summed E-state index contributed by atoms with van der Waals surface area (Å²) in [4.78, 5) is 16.3. The maximum Gasteiger partial charge on any atom is 0.158 e. The minimum absolute atomic E-state index is 0.236. The summed E-state index contributed by atoms with van der Waals surface area (Å²) in [6.07, 6.45) is 4.15. The summed E-state index contributed by atoms with van der Waals surface area (Å²) in [5.74, 6) is 0.236. The number of Topliss-reactive ketones (excluding diaryl/α,β-unsaturated/α-hetero) is 1. The lowest BCUT2D eigenvalue weighted by Gasteiger charge is -2.22. The van der Waals surface area contributed by atoms with Crippen molar-refractivity contribution in [1.82, 2.24) is 10.3 Å². The summed E-state index contributed by atoms with van der Waals surface area (Å²) >= 11 is 3.33. The van der Waals surface area contributed by atoms with Crippen molar-refractivity contribution in [3.63, 3.8) is 0 Å². The summed E-state index contributed by atoms with van der Waals surface area (Å²) in [5.41, 5.74) is 0.498. The molecule has 0 radical (unpaired) electrons. The molecular weight excluding hydrogens is 268 g/mol. The molecule has 1 aromatic rings. The molecule has 1 fully saturated rings. The molecule has 2 heterocycles. The first kappa shape index (κ1) is 11.7. The van der Waals surface area contributed by atoms with Crippen LogP contribution in [0.2, 0.25) is 0 Å². The van der Waals surface area contributed by atoms with E-state index in [2.05, 4.69) is 26.2 Å². The van der Waals surface area contributed by atoms with Crippen molar-refractivity contribution in [2.45, 2.75) is 31.7 Å². The van der Waals surface area contributed by atoms with Gasteiger partial charge in [0, 0.05) is 16.4 Å². The monoisotopic (exact) mass is 282 g/mol. The van der Waals surface area contributed by atoms with Crippen LogP contribution in [0.3, 0.4) is 0 Å². The molecule has 1 atom stereocenters. The van der Waals surface area contributed by atoms with Crippen LogP contribution in [-0.4, -0.2) is 22.9 Å². The molecule has 0 aliphatic carbocycles. The Morgan fingerprint density at radius 3 is 3.00 bits per heavy atom. The van der Waals surface area contributed by atoms with Gasteiger partial charge in [0.1, 0.15) is 0 Å². The minimum Gasteiger partial charge on any atom is -0.305 e. The third kappa shape index (κ3) is 2.50. The van der Waals surface area contributed by atoms with E-state index in [0.717, 1.165) is 29.6 Å². The zero-order chi connectivity index (χ0) is 11.6. The van der Waals surface area contributed by atoms with Crippen molar-refractivity contribution >= 4 is 21.7 Å². The number of nitrogens with one attached hydrogen (secondary N) is 1. The van der Waals surface area contributed by atoms with Crippen LogP contribution in [0.4, 0.5) is 0 Å². The second kappa shape index (κ2) is 4.63. The highest BCUT2D eigenvalue weighted by molar-refractivity contribution is 9.10. The third-order valence-electron chi connectivity index (χ3n) is 3.11. The number of ketones is 1. The Morgan fingerprint density at radius 1 is 1.62 bits per heavy atom. The number of aromatic nitrogens is 1. The number of hydrogen-bond donors (Lipinski definition) is 1. The summed E-state index contributed by atoms with van der Waals surface area (Å²) in [6.45, 7) is 2.93. The van der Waals surface area contributed by atoms with Crippen molar-refractivity contribution in [1.29, 1.82) is 0 Å². The molecule has 2 rings (SSSR count). The third-order valence-corrected chi connectivity index (χ3v) is 3.58. The standard InChI is InChI=1S/C12H15BrN2O/c1-12(5-2-6-15-12)11(16)7-10-4-3-9(13)8-14-10/h3-4,8,15H,2,5-7H2,1H3. The molecule has 0 aromatic carbocycles. The highest BCUT2D eigenvalue weighted by atomic mass is 79.9. The van der Waals surface area contributed by atoms with E-state index in [1.54, 1.807) is 6.20 Å². The normalized spacial score (nSPS) is 24.6. The molecule has 1 aliphatic heterocycles. The van der Waals surface area contributed by atoms with Gasteiger partial charge in [0.25, 0.3) is 0 Å². The average Bonchev–Trinajstić information content (AvgIpc) is 2.70. The van der Waals surface area contributed by atoms with E-state index in [9.17, 15) is 4.79 Å². The molecular formula is C12H15BrN2O. The van der Waals surface area contributed by atoms with Crippen LogP contribution >= 0.6 is 15.9 Å². The van der Waals surface area contributed by atoms with Gasteiger partial charge in [-0.15, -0.1) is 0 Å². The van der Waals surface area contributed by atoms with Crippen LogP contribution in [0.15, 0.2) is 22.8 Å². The maximum absolute atomic E-state index is 12.1. The van der Waals surface area contributed by atoms with Crippen LogP contribution in [0.25, 0.3) is 0 Å². The molecule has 86 valence electrons. The van der Waals surface area contributed by atoms with E-state index in [0.29, 0.717) is 6.42 Å². The Kier molecular flexibility index (Phi) is 3.40. The molecule has 4 heteroatoms. The smallest absolute Gasteiger partial charge is 0.158 e. The lowest BCUT2D eigenvalue weighted by molar-refractivity contribution is -0.123. The van der Waals surface area contributed by atoms with E-state index in [1.807, 2.05) is 19.1 Å². The fourth-order valence-electron chi connectivity index (χ4n) is 2.00. The van der Waals surface area contributed by atoms with Gasteiger partial charge in [-0.05, 0) is 54.4 Å². The zero-order valence-corrected chi connectivity index (χ0v) is 10.9. The number of carbonyl (C=O) groups excluding carboxylic acids is 1. The van der Waals surface area contributed by atoms with E-state index >= 15 is 0 Å². The Morgan fingerprint density at radius 2 is 2.44 bits per heavy atom. The zero-order valence-electron chi connectivity index (χ0n) is 9.29. The van der Waals surface area contributed by atoms with Gasteiger partial charge in [-0.1, -0.05) is 0 Å². The van der Waals surface area contributed by atoms with Gasteiger partial charge in [0.05, 0.1) is 12.0 Å². The Bertz CT molecular complexity index is 383. The van der Waals surface area contributed by atoms with E-state index < -0.39 is 0 Å². The van der Waals surface area contributed by atoms with Gasteiger partial charge in [0.15, 0.2) is 5.78 Å². The maximum atomic E-state index is 12.1. The first-order chi connectivity index (χ1) is 7.60. The highest BCUT2D eigenvalue weighted by Crippen LogP contribution is 2.21. The molecule has 16 heavy (non-hydrogen) atoms. The topological polar surface area (TPSA) is 42.0 Å². The average molecular weight is 283 g/mol. The van der Waals surface area contributed by atoms with Crippen LogP contribution < -0.4 is 5.32 Å². The summed E-state index contributed by atoms with van der Waals surface area (Å²) in [5, 5.41) is 3.28. The lowest BCUT2D eigenvalue weighted by Crippen LogP contribution is -2.45. The van der Waals surface area contributed by atoms with E-state index in [4.69, 9.17) is 0 Å². The first-order valence-corrected chi connectivity index (χ1v) is 6.28. The van der Waals surface area contributed by atoms with Crippen molar-refractivity contribution in [3.05, 3.63) is 28.5 Å². The van der Waals surface area contributed by atoms with Crippen LogP contribution in [0.5, 0.6) is 0 Å². The predicted molar refractivity (Wildman–Crippen MR) is 66.3 cm³/mol. The minimum atomic E-state index is -0.339. The number of pyridine rings is 1. The van der Waals surface area contributed by atoms with Crippen LogP contribution in [0, 0.1) is 0 Å². The molecule has 3 nitrogen and oxygen atoms in total. The fraction of sp³-hybridized carbons (Fsp3) is 0.500. The van der Waals surface area contributed by atoms with Crippen LogP contribution in [0.1, 0.15) is 25.5 Å². The molecule has 1 N–H and O–H groups in total. The van der Waals surface area contributed by atoms with Gasteiger partial charge in [-0.2, -0.15) is 0 Å². The predicted octanol–water partition coefficient (Wildman–Crippen LogP) is 2.10. The number of rotatable bonds is 3. The molecule has 0 bridgehead atoms. The van der Waals surface area contributed by atoms with Gasteiger partial charge < -0.3 is 5.32 Å². The molecule has 0 saturated carbocycles. The van der Waals surface area contributed by atoms with Crippen LogP contribution in [-0.2, 0) is 11.2 Å².